The van der Waals surface area contributed by atoms with Crippen molar-refractivity contribution in [3.05, 3.63) is 35.5 Å². The van der Waals surface area contributed by atoms with Gasteiger partial charge in [0.25, 0.3) is 0 Å². The number of carbonyl (C=O) groups excluding carboxylic acids is 1. The number of rotatable bonds is 5. The Morgan fingerprint density at radius 1 is 1.36 bits per heavy atom. The summed E-state index contributed by atoms with van der Waals surface area (Å²) in [4.78, 5) is 21.9. The predicted octanol–water partition coefficient (Wildman–Crippen LogP) is 3.06. The molecule has 0 radical (unpaired) electrons. The molecule has 0 spiro atoms. The first kappa shape index (κ1) is 22.5. The van der Waals surface area contributed by atoms with Crippen LogP contribution in [0.4, 0.5) is 0 Å². The van der Waals surface area contributed by atoms with E-state index >= 15 is 0 Å². The quantitative estimate of drug-likeness (QED) is 0.338. The standard InChI is InChI=1S/C21H31N5O.HI/c1-14(2)20(27)26-12-10-16(13-26)25-21(22-4)23-11-9-17-15(3)24-19-8-6-5-7-18(17)19;/h5-8,14,16,24H,9-13H2,1-4H3,(H2,22,23,25);1H. The third kappa shape index (κ3) is 5.18. The summed E-state index contributed by atoms with van der Waals surface area (Å²) in [5, 5.41) is 8.16. The number of aromatic nitrogens is 1. The lowest BCUT2D eigenvalue weighted by molar-refractivity contribution is -0.133. The molecule has 1 unspecified atom stereocenters. The number of benzene rings is 1. The monoisotopic (exact) mass is 497 g/mol. The second-order valence-electron chi connectivity index (χ2n) is 7.59. The predicted molar refractivity (Wildman–Crippen MR) is 126 cm³/mol. The average Bonchev–Trinajstić information content (AvgIpc) is 3.24. The van der Waals surface area contributed by atoms with Crippen LogP contribution in [0.3, 0.4) is 0 Å². The van der Waals surface area contributed by atoms with E-state index in [0.717, 1.165) is 38.4 Å². The van der Waals surface area contributed by atoms with Gasteiger partial charge in [0.2, 0.25) is 5.91 Å². The summed E-state index contributed by atoms with van der Waals surface area (Å²) in [6.45, 7) is 8.41. The molecule has 0 aliphatic carbocycles. The number of likely N-dealkylation sites (tertiary alicyclic amines) is 1. The summed E-state index contributed by atoms with van der Waals surface area (Å²) in [6.07, 6.45) is 1.89. The van der Waals surface area contributed by atoms with Crippen molar-refractivity contribution in [2.75, 3.05) is 26.7 Å². The second-order valence-corrected chi connectivity index (χ2v) is 7.59. The number of nitrogens with zero attached hydrogens (tertiary/aromatic N) is 2. The van der Waals surface area contributed by atoms with Crippen LogP contribution in [0.1, 0.15) is 31.5 Å². The minimum Gasteiger partial charge on any atom is -0.358 e. The fraction of sp³-hybridized carbons (Fsp3) is 0.524. The Bertz CT molecular complexity index is 829. The van der Waals surface area contributed by atoms with Gasteiger partial charge in [0.05, 0.1) is 0 Å². The number of hydrogen-bond donors (Lipinski definition) is 3. The van der Waals surface area contributed by atoms with Crippen LogP contribution < -0.4 is 10.6 Å². The number of halogens is 1. The highest BCUT2D eigenvalue weighted by molar-refractivity contribution is 14.0. The Morgan fingerprint density at radius 2 is 2.11 bits per heavy atom. The van der Waals surface area contributed by atoms with Crippen molar-refractivity contribution in [3.63, 3.8) is 0 Å². The fourth-order valence-corrected chi connectivity index (χ4v) is 3.79. The first-order valence-corrected chi connectivity index (χ1v) is 9.81. The smallest absolute Gasteiger partial charge is 0.225 e. The van der Waals surface area contributed by atoms with Crippen LogP contribution in [0.5, 0.6) is 0 Å². The molecule has 1 aromatic heterocycles. The van der Waals surface area contributed by atoms with E-state index in [1.165, 1.54) is 22.2 Å². The van der Waals surface area contributed by atoms with Gasteiger partial charge in [-0.1, -0.05) is 32.0 Å². The highest BCUT2D eigenvalue weighted by Crippen LogP contribution is 2.21. The van der Waals surface area contributed by atoms with E-state index in [4.69, 9.17) is 0 Å². The Kier molecular flexibility index (Phi) is 8.15. The molecule has 0 saturated carbocycles. The van der Waals surface area contributed by atoms with E-state index in [1.807, 2.05) is 18.7 Å². The minimum atomic E-state index is 0. The molecule has 3 N–H and O–H groups in total. The van der Waals surface area contributed by atoms with E-state index in [2.05, 4.69) is 51.8 Å². The van der Waals surface area contributed by atoms with Gasteiger partial charge in [-0.15, -0.1) is 24.0 Å². The molecule has 1 fully saturated rings. The molecule has 28 heavy (non-hydrogen) atoms. The zero-order valence-electron chi connectivity index (χ0n) is 17.2. The summed E-state index contributed by atoms with van der Waals surface area (Å²) in [7, 11) is 1.79. The number of hydrogen-bond acceptors (Lipinski definition) is 2. The van der Waals surface area contributed by atoms with Crippen LogP contribution in [-0.4, -0.2) is 54.5 Å². The summed E-state index contributed by atoms with van der Waals surface area (Å²) in [6, 6.07) is 8.68. The molecule has 0 bridgehead atoms. The van der Waals surface area contributed by atoms with Gasteiger partial charge in [0.15, 0.2) is 5.96 Å². The number of aliphatic imine (C=N–C) groups is 1. The van der Waals surface area contributed by atoms with Gasteiger partial charge in [0.1, 0.15) is 0 Å². The van der Waals surface area contributed by atoms with E-state index in [9.17, 15) is 4.79 Å². The average molecular weight is 497 g/mol. The molecule has 1 aliphatic rings. The molecule has 1 atom stereocenters. The third-order valence-corrected chi connectivity index (χ3v) is 5.25. The molecular formula is C21H32IN5O. The van der Waals surface area contributed by atoms with Gasteiger partial charge in [-0.3, -0.25) is 9.79 Å². The van der Waals surface area contributed by atoms with Gasteiger partial charge in [0, 0.05) is 55.2 Å². The molecule has 2 aromatic rings. The van der Waals surface area contributed by atoms with Crippen molar-refractivity contribution in [2.24, 2.45) is 10.9 Å². The number of para-hydroxylation sites is 1. The number of nitrogens with one attached hydrogen (secondary N) is 3. The van der Waals surface area contributed by atoms with Gasteiger partial charge < -0.3 is 20.5 Å². The third-order valence-electron chi connectivity index (χ3n) is 5.25. The van der Waals surface area contributed by atoms with Crippen LogP contribution in [0.2, 0.25) is 0 Å². The molecule has 6 nitrogen and oxygen atoms in total. The van der Waals surface area contributed by atoms with Gasteiger partial charge >= 0.3 is 0 Å². The first-order valence-electron chi connectivity index (χ1n) is 9.81. The number of aryl methyl sites for hydroxylation is 1. The Labute approximate surface area is 184 Å². The highest BCUT2D eigenvalue weighted by Gasteiger charge is 2.27. The number of carbonyl (C=O) groups is 1. The molecule has 1 saturated heterocycles. The number of aromatic amines is 1. The lowest BCUT2D eigenvalue weighted by Gasteiger charge is -2.20. The van der Waals surface area contributed by atoms with Crippen LogP contribution in [0, 0.1) is 12.8 Å². The lowest BCUT2D eigenvalue weighted by atomic mass is 10.1. The molecule has 3 rings (SSSR count). The number of guanidine groups is 1. The van der Waals surface area contributed by atoms with Crippen LogP contribution >= 0.6 is 24.0 Å². The van der Waals surface area contributed by atoms with Crippen molar-refractivity contribution in [3.8, 4) is 0 Å². The molecule has 2 heterocycles. The van der Waals surface area contributed by atoms with Crippen molar-refractivity contribution in [1.82, 2.24) is 20.5 Å². The van der Waals surface area contributed by atoms with E-state index in [-0.39, 0.29) is 41.8 Å². The molecule has 154 valence electrons. The Hall–Kier alpha value is -1.77. The summed E-state index contributed by atoms with van der Waals surface area (Å²) >= 11 is 0. The van der Waals surface area contributed by atoms with E-state index in [1.54, 1.807) is 7.05 Å². The molecular weight excluding hydrogens is 465 g/mol. The zero-order valence-corrected chi connectivity index (χ0v) is 19.5. The molecule has 7 heteroatoms. The Morgan fingerprint density at radius 3 is 2.82 bits per heavy atom. The maximum absolute atomic E-state index is 12.1. The number of amides is 1. The van der Waals surface area contributed by atoms with E-state index < -0.39 is 0 Å². The molecule has 1 amide bonds. The maximum atomic E-state index is 12.1. The van der Waals surface area contributed by atoms with Crippen LogP contribution in [-0.2, 0) is 11.2 Å². The highest BCUT2D eigenvalue weighted by atomic mass is 127. The summed E-state index contributed by atoms with van der Waals surface area (Å²) in [5.74, 6) is 1.09. The van der Waals surface area contributed by atoms with Crippen molar-refractivity contribution in [2.45, 2.75) is 39.7 Å². The minimum absolute atomic E-state index is 0. The van der Waals surface area contributed by atoms with Crippen LogP contribution in [0.15, 0.2) is 29.3 Å². The number of H-pyrrole nitrogens is 1. The Balaban J connectivity index is 0.00000280. The van der Waals surface area contributed by atoms with Gasteiger partial charge in [-0.25, -0.2) is 0 Å². The van der Waals surface area contributed by atoms with Crippen molar-refractivity contribution in [1.29, 1.82) is 0 Å². The van der Waals surface area contributed by atoms with Gasteiger partial charge in [-0.2, -0.15) is 0 Å². The van der Waals surface area contributed by atoms with Crippen LogP contribution in [0.25, 0.3) is 10.9 Å². The van der Waals surface area contributed by atoms with Gasteiger partial charge in [-0.05, 0) is 31.4 Å². The van der Waals surface area contributed by atoms with Crippen molar-refractivity contribution < 1.29 is 4.79 Å². The zero-order chi connectivity index (χ0) is 19.4. The van der Waals surface area contributed by atoms with E-state index in [0.29, 0.717) is 0 Å². The molecule has 1 aliphatic heterocycles. The summed E-state index contributed by atoms with van der Waals surface area (Å²) < 4.78 is 0. The lowest BCUT2D eigenvalue weighted by Crippen LogP contribution is -2.45. The topological polar surface area (TPSA) is 72.5 Å². The first-order chi connectivity index (χ1) is 13.0. The summed E-state index contributed by atoms with van der Waals surface area (Å²) in [5.41, 5.74) is 3.76. The number of fused-ring (bicyclic) bond motifs is 1. The second kappa shape index (κ2) is 10.1. The SMILES string of the molecule is CN=C(NCCc1c(C)[nH]c2ccccc12)NC1CCN(C(=O)C(C)C)C1.I. The fourth-order valence-electron chi connectivity index (χ4n) is 3.79. The molecule has 1 aromatic carbocycles. The maximum Gasteiger partial charge on any atom is 0.225 e. The largest absolute Gasteiger partial charge is 0.358 e. The van der Waals surface area contributed by atoms with Crippen molar-refractivity contribution >= 4 is 46.7 Å². The normalized spacial score (nSPS) is 17.1.